The van der Waals surface area contributed by atoms with E-state index in [-0.39, 0.29) is 18.4 Å². The van der Waals surface area contributed by atoms with Crippen LogP contribution in [0.3, 0.4) is 0 Å². The van der Waals surface area contributed by atoms with Gasteiger partial charge in [0.05, 0.1) is 26.2 Å². The maximum Gasteiger partial charge on any atom is 0.229 e. The van der Waals surface area contributed by atoms with Crippen LogP contribution in [0, 0.1) is 0 Å². The normalized spacial score (nSPS) is 12.0. The summed E-state index contributed by atoms with van der Waals surface area (Å²) in [5.41, 5.74) is 6.46. The maximum atomic E-state index is 12.7. The van der Waals surface area contributed by atoms with Gasteiger partial charge in [-0.25, -0.2) is 0 Å². The predicted molar refractivity (Wildman–Crippen MR) is 93.0 cm³/mol. The van der Waals surface area contributed by atoms with E-state index >= 15 is 0 Å². The van der Waals surface area contributed by atoms with E-state index in [1.54, 1.807) is 30.5 Å². The molecule has 0 aliphatic heterocycles. The standard InChI is InChI=1S/C17H22N2O3S/c1-21-14-7-5-13(6-8-14)19(12-16-4-3-9-23-16)17(20)10-15(11-18)22-2/h3-9,15H,10-12,18H2,1-2H3. The number of carbonyl (C=O) groups is 1. The highest BCUT2D eigenvalue weighted by Crippen LogP contribution is 2.23. The molecule has 124 valence electrons. The van der Waals surface area contributed by atoms with E-state index in [1.807, 2.05) is 41.8 Å². The molecule has 1 amide bonds. The summed E-state index contributed by atoms with van der Waals surface area (Å²) in [5, 5.41) is 2.00. The number of thiophene rings is 1. The van der Waals surface area contributed by atoms with E-state index in [0.29, 0.717) is 13.1 Å². The summed E-state index contributed by atoms with van der Waals surface area (Å²) < 4.78 is 10.4. The van der Waals surface area contributed by atoms with Gasteiger partial charge in [-0.2, -0.15) is 0 Å². The van der Waals surface area contributed by atoms with E-state index < -0.39 is 0 Å². The van der Waals surface area contributed by atoms with Crippen molar-refractivity contribution in [2.24, 2.45) is 5.73 Å². The van der Waals surface area contributed by atoms with Crippen LogP contribution >= 0.6 is 11.3 Å². The highest BCUT2D eigenvalue weighted by Gasteiger charge is 2.20. The third kappa shape index (κ3) is 4.79. The average Bonchev–Trinajstić information content (AvgIpc) is 3.10. The molecule has 0 saturated heterocycles. The van der Waals surface area contributed by atoms with Gasteiger partial charge in [-0.15, -0.1) is 11.3 Å². The smallest absolute Gasteiger partial charge is 0.229 e. The number of benzene rings is 1. The third-order valence-corrected chi connectivity index (χ3v) is 4.44. The number of anilines is 1. The molecule has 0 bridgehead atoms. The van der Waals surface area contributed by atoms with Crippen molar-refractivity contribution in [1.29, 1.82) is 0 Å². The van der Waals surface area contributed by atoms with Crippen LogP contribution in [0.4, 0.5) is 5.69 Å². The Morgan fingerprint density at radius 3 is 2.52 bits per heavy atom. The Morgan fingerprint density at radius 2 is 2.00 bits per heavy atom. The van der Waals surface area contributed by atoms with Gasteiger partial charge in [0.15, 0.2) is 0 Å². The zero-order valence-electron chi connectivity index (χ0n) is 13.4. The van der Waals surface area contributed by atoms with Crippen molar-refractivity contribution in [3.63, 3.8) is 0 Å². The fraction of sp³-hybridized carbons (Fsp3) is 0.353. The quantitative estimate of drug-likeness (QED) is 0.806. The summed E-state index contributed by atoms with van der Waals surface area (Å²) in [6, 6.07) is 11.5. The van der Waals surface area contributed by atoms with E-state index in [2.05, 4.69) is 0 Å². The van der Waals surface area contributed by atoms with E-state index in [0.717, 1.165) is 16.3 Å². The molecule has 1 heterocycles. The minimum atomic E-state index is -0.272. The van der Waals surface area contributed by atoms with Gasteiger partial charge < -0.3 is 20.1 Å². The first-order valence-corrected chi connectivity index (χ1v) is 8.25. The van der Waals surface area contributed by atoms with Crippen molar-refractivity contribution in [2.45, 2.75) is 19.1 Å². The molecule has 0 saturated carbocycles. The van der Waals surface area contributed by atoms with Crippen molar-refractivity contribution in [2.75, 3.05) is 25.7 Å². The van der Waals surface area contributed by atoms with Crippen molar-refractivity contribution in [3.05, 3.63) is 46.7 Å². The first-order chi connectivity index (χ1) is 11.2. The molecule has 0 aliphatic rings. The van der Waals surface area contributed by atoms with E-state index in [4.69, 9.17) is 15.2 Å². The molecule has 0 spiro atoms. The van der Waals surface area contributed by atoms with Crippen LogP contribution in [0.15, 0.2) is 41.8 Å². The fourth-order valence-corrected chi connectivity index (χ4v) is 2.90. The van der Waals surface area contributed by atoms with Crippen molar-refractivity contribution in [3.8, 4) is 5.75 Å². The lowest BCUT2D eigenvalue weighted by molar-refractivity contribution is -0.121. The van der Waals surface area contributed by atoms with Crippen LogP contribution in [0.5, 0.6) is 5.75 Å². The number of amides is 1. The lowest BCUT2D eigenvalue weighted by Crippen LogP contribution is -2.35. The molecule has 2 rings (SSSR count). The molecule has 2 N–H and O–H groups in total. The summed E-state index contributed by atoms with van der Waals surface area (Å²) >= 11 is 1.63. The molecule has 2 aromatic rings. The maximum absolute atomic E-state index is 12.7. The van der Waals surface area contributed by atoms with E-state index in [9.17, 15) is 4.79 Å². The topological polar surface area (TPSA) is 64.8 Å². The molecular formula is C17H22N2O3S. The molecule has 1 atom stereocenters. The molecule has 0 fully saturated rings. The summed E-state index contributed by atoms with van der Waals surface area (Å²) in [7, 11) is 3.19. The second-order valence-corrected chi connectivity index (χ2v) is 6.09. The molecule has 1 unspecified atom stereocenters. The summed E-state index contributed by atoms with van der Waals surface area (Å²) in [5.74, 6) is 0.745. The Bertz CT molecular complexity index is 595. The number of nitrogens with two attached hydrogens (primary N) is 1. The average molecular weight is 334 g/mol. The minimum Gasteiger partial charge on any atom is -0.497 e. The van der Waals surface area contributed by atoms with Crippen LogP contribution in [-0.2, 0) is 16.1 Å². The van der Waals surface area contributed by atoms with Crippen LogP contribution in [0.1, 0.15) is 11.3 Å². The van der Waals surface area contributed by atoms with Crippen LogP contribution in [-0.4, -0.2) is 32.8 Å². The van der Waals surface area contributed by atoms with Gasteiger partial charge in [0.2, 0.25) is 5.91 Å². The van der Waals surface area contributed by atoms with Crippen molar-refractivity contribution >= 4 is 22.9 Å². The summed E-state index contributed by atoms with van der Waals surface area (Å²) in [6.07, 6.45) is -0.0173. The minimum absolute atomic E-state index is 0.0131. The highest BCUT2D eigenvalue weighted by molar-refractivity contribution is 7.09. The number of nitrogens with zero attached hydrogens (tertiary/aromatic N) is 1. The fourth-order valence-electron chi connectivity index (χ4n) is 2.21. The number of methoxy groups -OCH3 is 2. The van der Waals surface area contributed by atoms with Crippen molar-refractivity contribution in [1.82, 2.24) is 0 Å². The zero-order chi connectivity index (χ0) is 16.7. The molecule has 23 heavy (non-hydrogen) atoms. The Labute approximate surface area is 140 Å². The lowest BCUT2D eigenvalue weighted by atomic mass is 10.2. The van der Waals surface area contributed by atoms with Crippen LogP contribution < -0.4 is 15.4 Å². The predicted octanol–water partition coefficient (Wildman–Crippen LogP) is 2.65. The Morgan fingerprint density at radius 1 is 1.26 bits per heavy atom. The molecular weight excluding hydrogens is 312 g/mol. The second kappa shape index (κ2) is 8.67. The molecule has 0 radical (unpaired) electrons. The Hall–Kier alpha value is -1.89. The Balaban J connectivity index is 2.21. The number of rotatable bonds is 8. The Kier molecular flexibility index (Phi) is 6.58. The highest BCUT2D eigenvalue weighted by atomic mass is 32.1. The van der Waals surface area contributed by atoms with Gasteiger partial charge in [0.25, 0.3) is 0 Å². The van der Waals surface area contributed by atoms with Gasteiger partial charge in [0.1, 0.15) is 5.75 Å². The van der Waals surface area contributed by atoms with Crippen LogP contribution in [0.25, 0.3) is 0 Å². The number of carbonyl (C=O) groups excluding carboxylic acids is 1. The number of ether oxygens (including phenoxy) is 2. The van der Waals surface area contributed by atoms with Crippen molar-refractivity contribution < 1.29 is 14.3 Å². The summed E-state index contributed by atoms with van der Waals surface area (Å²) in [4.78, 5) is 15.6. The third-order valence-electron chi connectivity index (χ3n) is 3.58. The monoisotopic (exact) mass is 334 g/mol. The largest absolute Gasteiger partial charge is 0.497 e. The molecule has 1 aromatic carbocycles. The van der Waals surface area contributed by atoms with E-state index in [1.165, 1.54) is 0 Å². The summed E-state index contributed by atoms with van der Waals surface area (Å²) in [6.45, 7) is 0.849. The first-order valence-electron chi connectivity index (χ1n) is 7.37. The molecule has 0 aliphatic carbocycles. The second-order valence-electron chi connectivity index (χ2n) is 5.05. The zero-order valence-corrected chi connectivity index (χ0v) is 14.2. The number of hydrogen-bond acceptors (Lipinski definition) is 5. The molecule has 1 aromatic heterocycles. The number of hydrogen-bond donors (Lipinski definition) is 1. The SMILES string of the molecule is COc1ccc(N(Cc2cccs2)C(=O)CC(CN)OC)cc1. The van der Waals surface area contributed by atoms with Gasteiger partial charge in [-0.3, -0.25) is 4.79 Å². The van der Waals surface area contributed by atoms with Crippen LogP contribution in [0.2, 0.25) is 0 Å². The first kappa shape index (κ1) is 17.5. The molecule has 5 nitrogen and oxygen atoms in total. The van der Waals surface area contributed by atoms with Gasteiger partial charge in [-0.1, -0.05) is 6.07 Å². The van der Waals surface area contributed by atoms with Gasteiger partial charge in [0, 0.05) is 24.2 Å². The molecule has 6 heteroatoms. The van der Waals surface area contributed by atoms with Gasteiger partial charge >= 0.3 is 0 Å². The van der Waals surface area contributed by atoms with Gasteiger partial charge in [-0.05, 0) is 35.7 Å². The lowest BCUT2D eigenvalue weighted by Gasteiger charge is -2.24.